The summed E-state index contributed by atoms with van der Waals surface area (Å²) in [6.07, 6.45) is 1.57. The van der Waals surface area contributed by atoms with Crippen LogP contribution < -0.4 is 11.1 Å². The number of amides is 1. The summed E-state index contributed by atoms with van der Waals surface area (Å²) in [7, 11) is 0. The average Bonchev–Trinajstić information content (AvgIpc) is 2.28. The van der Waals surface area contributed by atoms with Gasteiger partial charge in [-0.15, -0.1) is 12.4 Å². The van der Waals surface area contributed by atoms with E-state index in [-0.39, 0.29) is 23.7 Å². The molecule has 0 bridgehead atoms. The Labute approximate surface area is 128 Å². The number of carbonyl (C=O) groups is 1. The van der Waals surface area contributed by atoms with Crippen LogP contribution in [0.3, 0.4) is 0 Å². The maximum atomic E-state index is 12.3. The minimum absolute atomic E-state index is 0. The molecule has 114 valence electrons. The van der Waals surface area contributed by atoms with Crippen LogP contribution in [-0.2, 0) is 10.2 Å². The Hall–Kier alpha value is -1.06. The van der Waals surface area contributed by atoms with E-state index in [1.807, 2.05) is 31.2 Å². The minimum Gasteiger partial charge on any atom is -0.324 e. The van der Waals surface area contributed by atoms with Crippen molar-refractivity contribution in [2.45, 2.75) is 58.4 Å². The van der Waals surface area contributed by atoms with Gasteiger partial charge in [-0.25, -0.2) is 0 Å². The number of anilines is 1. The molecule has 0 aliphatic carbocycles. The van der Waals surface area contributed by atoms with Crippen molar-refractivity contribution in [1.82, 2.24) is 0 Å². The third-order valence-corrected chi connectivity index (χ3v) is 3.27. The number of halogens is 1. The van der Waals surface area contributed by atoms with Gasteiger partial charge < -0.3 is 11.1 Å². The summed E-state index contributed by atoms with van der Waals surface area (Å²) in [4.78, 5) is 12.3. The zero-order valence-electron chi connectivity index (χ0n) is 13.1. The van der Waals surface area contributed by atoms with E-state index in [0.29, 0.717) is 6.42 Å². The summed E-state index contributed by atoms with van der Waals surface area (Å²) in [5, 5.41) is 2.98. The number of rotatable bonds is 4. The molecule has 3 nitrogen and oxygen atoms in total. The second-order valence-electron chi connectivity index (χ2n) is 6.42. The Morgan fingerprint density at radius 1 is 1.20 bits per heavy atom. The maximum Gasteiger partial charge on any atom is 0.244 e. The molecule has 4 heteroatoms. The highest BCUT2D eigenvalue weighted by atomic mass is 35.5. The minimum atomic E-state index is -0.820. The number of carbonyl (C=O) groups excluding carboxylic acids is 1. The molecule has 0 fully saturated rings. The number of nitrogens with two attached hydrogens (primary N) is 1. The highest BCUT2D eigenvalue weighted by Gasteiger charge is 2.28. The molecule has 0 aliphatic rings. The smallest absolute Gasteiger partial charge is 0.244 e. The molecule has 0 spiro atoms. The zero-order valence-corrected chi connectivity index (χ0v) is 13.9. The van der Waals surface area contributed by atoms with Gasteiger partial charge in [0.25, 0.3) is 0 Å². The number of benzene rings is 1. The predicted molar refractivity (Wildman–Crippen MR) is 88.5 cm³/mol. The van der Waals surface area contributed by atoms with E-state index >= 15 is 0 Å². The van der Waals surface area contributed by atoms with Crippen LogP contribution in [0.1, 0.15) is 53.0 Å². The largest absolute Gasteiger partial charge is 0.324 e. The lowest BCUT2D eigenvalue weighted by molar-refractivity contribution is -0.120. The molecule has 0 saturated heterocycles. The van der Waals surface area contributed by atoms with E-state index < -0.39 is 5.54 Å². The van der Waals surface area contributed by atoms with E-state index in [9.17, 15) is 4.79 Å². The van der Waals surface area contributed by atoms with Gasteiger partial charge in [-0.2, -0.15) is 0 Å². The summed E-state index contributed by atoms with van der Waals surface area (Å²) >= 11 is 0. The first-order valence-corrected chi connectivity index (χ1v) is 6.88. The van der Waals surface area contributed by atoms with E-state index in [0.717, 1.165) is 17.7 Å². The van der Waals surface area contributed by atoms with E-state index in [1.54, 1.807) is 6.92 Å². The van der Waals surface area contributed by atoms with Crippen molar-refractivity contribution in [2.75, 3.05) is 5.32 Å². The standard InChI is InChI=1S/C16H26N2O.ClH/c1-6-11-16(5,17)14(19)18-13-10-8-7-9-12(13)15(2,3)4;/h7-10H,6,11,17H2,1-5H3,(H,18,19);1H. The third kappa shape index (κ3) is 4.80. The van der Waals surface area contributed by atoms with Crippen molar-refractivity contribution in [1.29, 1.82) is 0 Å². The molecule has 0 aliphatic heterocycles. The first-order valence-electron chi connectivity index (χ1n) is 6.88. The number of para-hydroxylation sites is 1. The molecule has 0 heterocycles. The van der Waals surface area contributed by atoms with Gasteiger partial charge in [0, 0.05) is 5.69 Å². The number of hydrogen-bond donors (Lipinski definition) is 2. The number of hydrogen-bond acceptors (Lipinski definition) is 2. The lowest BCUT2D eigenvalue weighted by Gasteiger charge is -2.27. The van der Waals surface area contributed by atoms with Gasteiger partial charge in [-0.3, -0.25) is 4.79 Å². The second-order valence-corrected chi connectivity index (χ2v) is 6.42. The normalized spacial score (nSPS) is 14.1. The van der Waals surface area contributed by atoms with Crippen LogP contribution >= 0.6 is 12.4 Å². The first-order chi connectivity index (χ1) is 8.68. The quantitative estimate of drug-likeness (QED) is 0.887. The third-order valence-electron chi connectivity index (χ3n) is 3.27. The zero-order chi connectivity index (χ0) is 14.7. The van der Waals surface area contributed by atoms with Crippen LogP contribution in [0.25, 0.3) is 0 Å². The van der Waals surface area contributed by atoms with Crippen LogP contribution in [-0.4, -0.2) is 11.4 Å². The Kier molecular flexibility index (Phi) is 6.72. The SMILES string of the molecule is CCCC(C)(N)C(=O)Nc1ccccc1C(C)(C)C.Cl. The fourth-order valence-electron chi connectivity index (χ4n) is 2.14. The molecule has 1 atom stereocenters. The van der Waals surface area contributed by atoms with Crippen LogP contribution in [0, 0.1) is 0 Å². The fraction of sp³-hybridized carbons (Fsp3) is 0.562. The molecule has 3 N–H and O–H groups in total. The van der Waals surface area contributed by atoms with Gasteiger partial charge >= 0.3 is 0 Å². The molecule has 1 rings (SSSR count). The lowest BCUT2D eigenvalue weighted by atomic mass is 9.85. The van der Waals surface area contributed by atoms with Crippen molar-refractivity contribution in [2.24, 2.45) is 5.73 Å². The highest BCUT2D eigenvalue weighted by molar-refractivity contribution is 5.98. The molecule has 1 aromatic rings. The molecule has 0 radical (unpaired) electrons. The van der Waals surface area contributed by atoms with Crippen LogP contribution in [0.2, 0.25) is 0 Å². The van der Waals surface area contributed by atoms with Gasteiger partial charge in [0.2, 0.25) is 5.91 Å². The van der Waals surface area contributed by atoms with Crippen molar-refractivity contribution in [3.8, 4) is 0 Å². The molecular formula is C16H27ClN2O. The first kappa shape index (κ1) is 18.9. The molecule has 1 unspecified atom stereocenters. The summed E-state index contributed by atoms with van der Waals surface area (Å²) in [6, 6.07) is 7.90. The summed E-state index contributed by atoms with van der Waals surface area (Å²) in [6.45, 7) is 10.2. The van der Waals surface area contributed by atoms with E-state index in [2.05, 4.69) is 26.1 Å². The van der Waals surface area contributed by atoms with Gasteiger partial charge in [-0.05, 0) is 30.4 Å². The van der Waals surface area contributed by atoms with Crippen molar-refractivity contribution in [3.05, 3.63) is 29.8 Å². The van der Waals surface area contributed by atoms with Crippen molar-refractivity contribution in [3.63, 3.8) is 0 Å². The van der Waals surface area contributed by atoms with Gasteiger partial charge in [0.05, 0.1) is 5.54 Å². The molecule has 0 aromatic heterocycles. The Balaban J connectivity index is 0.00000361. The average molecular weight is 299 g/mol. The monoisotopic (exact) mass is 298 g/mol. The predicted octanol–water partition coefficient (Wildman–Crippen LogP) is 3.86. The van der Waals surface area contributed by atoms with Crippen molar-refractivity contribution >= 4 is 24.0 Å². The maximum absolute atomic E-state index is 12.3. The van der Waals surface area contributed by atoms with Crippen LogP contribution in [0.15, 0.2) is 24.3 Å². The van der Waals surface area contributed by atoms with Crippen molar-refractivity contribution < 1.29 is 4.79 Å². The van der Waals surface area contributed by atoms with Crippen LogP contribution in [0.5, 0.6) is 0 Å². The molecule has 0 saturated carbocycles. The molecule has 20 heavy (non-hydrogen) atoms. The molecule has 1 amide bonds. The summed E-state index contributed by atoms with van der Waals surface area (Å²) in [5.41, 5.74) is 7.21. The highest BCUT2D eigenvalue weighted by Crippen LogP contribution is 2.29. The van der Waals surface area contributed by atoms with E-state index in [1.165, 1.54) is 0 Å². The van der Waals surface area contributed by atoms with E-state index in [4.69, 9.17) is 5.73 Å². The Morgan fingerprint density at radius 2 is 1.75 bits per heavy atom. The lowest BCUT2D eigenvalue weighted by Crippen LogP contribution is -2.48. The van der Waals surface area contributed by atoms with Gasteiger partial charge in [-0.1, -0.05) is 52.3 Å². The van der Waals surface area contributed by atoms with Gasteiger partial charge in [0.15, 0.2) is 0 Å². The summed E-state index contributed by atoms with van der Waals surface area (Å²) < 4.78 is 0. The van der Waals surface area contributed by atoms with Crippen LogP contribution in [0.4, 0.5) is 5.69 Å². The molecular weight excluding hydrogens is 272 g/mol. The molecule has 1 aromatic carbocycles. The fourth-order valence-corrected chi connectivity index (χ4v) is 2.14. The second kappa shape index (κ2) is 7.09. The Bertz CT molecular complexity index is 450. The summed E-state index contributed by atoms with van der Waals surface area (Å²) in [5.74, 6) is -0.119. The number of nitrogens with one attached hydrogen (secondary N) is 1. The van der Waals surface area contributed by atoms with Gasteiger partial charge in [0.1, 0.15) is 0 Å². The topological polar surface area (TPSA) is 55.1 Å². The Morgan fingerprint density at radius 3 is 2.25 bits per heavy atom.